The maximum absolute atomic E-state index is 6.00. The molecular weight excluding hydrogens is 310 g/mol. The van der Waals surface area contributed by atoms with Crippen molar-refractivity contribution in [2.24, 2.45) is 0 Å². The molecule has 3 N–H and O–H groups in total. The van der Waals surface area contributed by atoms with E-state index in [1.165, 1.54) is 0 Å². The van der Waals surface area contributed by atoms with Crippen molar-refractivity contribution in [1.82, 2.24) is 15.0 Å². The third kappa shape index (κ3) is 3.12. The number of fused-ring (bicyclic) bond motifs is 1. The van der Waals surface area contributed by atoms with Crippen LogP contribution in [0.1, 0.15) is 5.56 Å². The normalized spacial score (nSPS) is 10.7. The molecule has 5 heteroatoms. The lowest BCUT2D eigenvalue weighted by molar-refractivity contribution is 1.09. The number of aromatic nitrogens is 3. The molecule has 5 nitrogen and oxygen atoms in total. The number of pyridine rings is 1. The van der Waals surface area contributed by atoms with Crippen molar-refractivity contribution < 1.29 is 0 Å². The summed E-state index contributed by atoms with van der Waals surface area (Å²) in [5, 5.41) is 4.31. The SMILES string of the molecule is Nc1ncc(-c2cccc3ncccc23)nc1NCc1ccccc1. The number of nitrogens with one attached hydrogen (secondary N) is 1. The second kappa shape index (κ2) is 6.57. The van der Waals surface area contributed by atoms with Gasteiger partial charge in [-0.05, 0) is 17.7 Å². The highest BCUT2D eigenvalue weighted by molar-refractivity contribution is 5.93. The van der Waals surface area contributed by atoms with Crippen LogP contribution in [0.4, 0.5) is 11.6 Å². The third-order valence-corrected chi connectivity index (χ3v) is 4.03. The lowest BCUT2D eigenvalue weighted by Crippen LogP contribution is -2.06. The van der Waals surface area contributed by atoms with Crippen LogP contribution in [0.3, 0.4) is 0 Å². The number of benzene rings is 2. The first-order valence-corrected chi connectivity index (χ1v) is 8.06. The van der Waals surface area contributed by atoms with Crippen molar-refractivity contribution in [2.45, 2.75) is 6.54 Å². The second-order valence-corrected chi connectivity index (χ2v) is 5.70. The molecule has 25 heavy (non-hydrogen) atoms. The van der Waals surface area contributed by atoms with Crippen LogP contribution in [0.2, 0.25) is 0 Å². The summed E-state index contributed by atoms with van der Waals surface area (Å²) >= 11 is 0. The Bertz CT molecular complexity index is 1010. The number of nitrogens with zero attached hydrogens (tertiary/aromatic N) is 3. The first-order valence-electron chi connectivity index (χ1n) is 8.06. The van der Waals surface area contributed by atoms with Gasteiger partial charge in [-0.2, -0.15) is 0 Å². The van der Waals surface area contributed by atoms with Gasteiger partial charge in [-0.15, -0.1) is 0 Å². The molecule has 0 radical (unpaired) electrons. The number of nitrogens with two attached hydrogens (primary N) is 1. The maximum Gasteiger partial charge on any atom is 0.169 e. The summed E-state index contributed by atoms with van der Waals surface area (Å²) in [7, 11) is 0. The highest BCUT2D eigenvalue weighted by Crippen LogP contribution is 2.27. The summed E-state index contributed by atoms with van der Waals surface area (Å²) in [6.45, 7) is 0.639. The van der Waals surface area contributed by atoms with Crippen LogP contribution in [-0.2, 0) is 6.54 Å². The minimum absolute atomic E-state index is 0.387. The summed E-state index contributed by atoms with van der Waals surface area (Å²) in [5.74, 6) is 0.972. The first kappa shape index (κ1) is 15.1. The van der Waals surface area contributed by atoms with Gasteiger partial charge in [-0.25, -0.2) is 9.97 Å². The fourth-order valence-electron chi connectivity index (χ4n) is 2.77. The molecule has 0 bridgehead atoms. The lowest BCUT2D eigenvalue weighted by atomic mass is 10.1. The zero-order valence-corrected chi connectivity index (χ0v) is 13.6. The van der Waals surface area contributed by atoms with E-state index in [1.807, 2.05) is 48.5 Å². The molecule has 0 unspecified atom stereocenters. The minimum atomic E-state index is 0.387. The topological polar surface area (TPSA) is 76.7 Å². The number of anilines is 2. The first-order chi connectivity index (χ1) is 12.3. The van der Waals surface area contributed by atoms with Gasteiger partial charge >= 0.3 is 0 Å². The molecule has 0 aliphatic rings. The Morgan fingerprint density at radius 3 is 2.64 bits per heavy atom. The van der Waals surface area contributed by atoms with Gasteiger partial charge in [0.25, 0.3) is 0 Å². The highest BCUT2D eigenvalue weighted by atomic mass is 15.1. The van der Waals surface area contributed by atoms with Gasteiger partial charge in [0.1, 0.15) is 0 Å². The molecule has 2 aromatic carbocycles. The quantitative estimate of drug-likeness (QED) is 0.595. The van der Waals surface area contributed by atoms with Crippen molar-refractivity contribution >= 4 is 22.5 Å². The van der Waals surface area contributed by atoms with Crippen LogP contribution < -0.4 is 11.1 Å². The molecule has 2 aromatic heterocycles. The van der Waals surface area contributed by atoms with Crippen LogP contribution in [0.15, 0.2) is 73.1 Å². The summed E-state index contributed by atoms with van der Waals surface area (Å²) in [5.41, 5.74) is 9.83. The number of hydrogen-bond donors (Lipinski definition) is 2. The Kier molecular flexibility index (Phi) is 3.96. The molecule has 0 saturated carbocycles. The molecule has 0 spiro atoms. The van der Waals surface area contributed by atoms with Gasteiger partial charge in [0.2, 0.25) is 0 Å². The lowest BCUT2D eigenvalue weighted by Gasteiger charge is -2.11. The molecule has 122 valence electrons. The van der Waals surface area contributed by atoms with E-state index in [-0.39, 0.29) is 0 Å². The summed E-state index contributed by atoms with van der Waals surface area (Å²) < 4.78 is 0. The molecule has 2 heterocycles. The number of nitrogen functional groups attached to an aromatic ring is 1. The van der Waals surface area contributed by atoms with E-state index in [0.717, 1.165) is 27.7 Å². The molecule has 0 atom stereocenters. The molecule has 0 saturated heterocycles. The molecule has 4 rings (SSSR count). The van der Waals surface area contributed by atoms with Crippen LogP contribution >= 0.6 is 0 Å². The van der Waals surface area contributed by atoms with Crippen LogP contribution in [0.25, 0.3) is 22.2 Å². The van der Waals surface area contributed by atoms with Gasteiger partial charge in [0.05, 0.1) is 17.4 Å². The Labute approximate surface area is 145 Å². The number of hydrogen-bond acceptors (Lipinski definition) is 5. The largest absolute Gasteiger partial charge is 0.381 e. The van der Waals surface area contributed by atoms with Crippen molar-refractivity contribution in [1.29, 1.82) is 0 Å². The average molecular weight is 327 g/mol. The predicted octanol–water partition coefficient (Wildman–Crippen LogP) is 3.89. The van der Waals surface area contributed by atoms with E-state index in [9.17, 15) is 0 Å². The zero-order chi connectivity index (χ0) is 17.1. The third-order valence-electron chi connectivity index (χ3n) is 4.03. The molecule has 0 amide bonds. The van der Waals surface area contributed by atoms with Crippen molar-refractivity contribution in [3.05, 3.63) is 78.6 Å². The maximum atomic E-state index is 6.00. The summed E-state index contributed by atoms with van der Waals surface area (Å²) in [4.78, 5) is 13.4. The second-order valence-electron chi connectivity index (χ2n) is 5.70. The van der Waals surface area contributed by atoms with Gasteiger partial charge in [0, 0.05) is 23.7 Å². The highest BCUT2D eigenvalue weighted by Gasteiger charge is 2.09. The van der Waals surface area contributed by atoms with Crippen LogP contribution in [-0.4, -0.2) is 15.0 Å². The van der Waals surface area contributed by atoms with Gasteiger partial charge in [0.15, 0.2) is 11.6 Å². The van der Waals surface area contributed by atoms with Gasteiger partial charge in [-0.1, -0.05) is 48.5 Å². The Morgan fingerprint density at radius 1 is 0.880 bits per heavy atom. The average Bonchev–Trinajstić information content (AvgIpc) is 2.68. The Hall–Kier alpha value is -3.47. The molecule has 0 fully saturated rings. The van der Waals surface area contributed by atoms with Crippen molar-refractivity contribution in [3.63, 3.8) is 0 Å². The van der Waals surface area contributed by atoms with Crippen LogP contribution in [0.5, 0.6) is 0 Å². The van der Waals surface area contributed by atoms with Crippen molar-refractivity contribution in [2.75, 3.05) is 11.1 Å². The molecule has 4 aromatic rings. The summed E-state index contributed by atoms with van der Waals surface area (Å²) in [6, 6.07) is 20.0. The van der Waals surface area contributed by atoms with Gasteiger partial charge in [-0.3, -0.25) is 4.98 Å². The fraction of sp³-hybridized carbons (Fsp3) is 0.0500. The van der Waals surface area contributed by atoms with E-state index in [1.54, 1.807) is 12.4 Å². The van der Waals surface area contributed by atoms with E-state index < -0.39 is 0 Å². The minimum Gasteiger partial charge on any atom is -0.381 e. The fourth-order valence-corrected chi connectivity index (χ4v) is 2.77. The Morgan fingerprint density at radius 2 is 1.76 bits per heavy atom. The van der Waals surface area contributed by atoms with E-state index >= 15 is 0 Å². The standard InChI is InChI=1S/C20H17N5/c21-19-20(24-12-14-6-2-1-3-7-14)25-18(13-23-19)16-8-4-10-17-15(16)9-5-11-22-17/h1-11,13H,12H2,(H2,21,23)(H,24,25). The van der Waals surface area contributed by atoms with E-state index in [2.05, 4.69) is 32.4 Å². The monoisotopic (exact) mass is 327 g/mol. The molecule has 0 aliphatic heterocycles. The smallest absolute Gasteiger partial charge is 0.169 e. The predicted molar refractivity (Wildman–Crippen MR) is 101 cm³/mol. The van der Waals surface area contributed by atoms with Gasteiger partial charge < -0.3 is 11.1 Å². The summed E-state index contributed by atoms with van der Waals surface area (Å²) in [6.07, 6.45) is 3.48. The molecule has 0 aliphatic carbocycles. The van der Waals surface area contributed by atoms with Crippen molar-refractivity contribution in [3.8, 4) is 11.3 Å². The molecular formula is C20H17N5. The Balaban J connectivity index is 1.69. The zero-order valence-electron chi connectivity index (χ0n) is 13.6. The number of rotatable bonds is 4. The van der Waals surface area contributed by atoms with E-state index in [4.69, 9.17) is 5.73 Å². The van der Waals surface area contributed by atoms with Crippen LogP contribution in [0, 0.1) is 0 Å². The van der Waals surface area contributed by atoms with E-state index in [0.29, 0.717) is 18.2 Å².